The molecule has 174 valence electrons. The van der Waals surface area contributed by atoms with Gasteiger partial charge in [-0.15, -0.1) is 0 Å². The van der Waals surface area contributed by atoms with Crippen LogP contribution in [-0.2, 0) is 4.74 Å². The van der Waals surface area contributed by atoms with Crippen molar-refractivity contribution in [2.45, 2.75) is 37.5 Å². The second-order valence-corrected chi connectivity index (χ2v) is 9.30. The molecule has 2 fully saturated rings. The van der Waals surface area contributed by atoms with Crippen LogP contribution in [0, 0.1) is 0 Å². The van der Waals surface area contributed by atoms with Crippen LogP contribution in [-0.4, -0.2) is 57.5 Å². The fourth-order valence-electron chi connectivity index (χ4n) is 4.88. The molecule has 0 atom stereocenters. The zero-order chi connectivity index (χ0) is 22.8. The van der Waals surface area contributed by atoms with E-state index in [1.165, 1.54) is 24.1 Å². The average Bonchev–Trinajstić information content (AvgIpc) is 3.72. The molecular formula is C27H34N4O2. The van der Waals surface area contributed by atoms with Gasteiger partial charge < -0.3 is 19.3 Å². The molecule has 0 bridgehead atoms. The number of likely N-dealkylation sites (N-methyl/N-ethyl adjacent to an activating group) is 1. The van der Waals surface area contributed by atoms with E-state index in [4.69, 9.17) is 19.4 Å². The number of aromatic nitrogens is 2. The number of para-hydroxylation sites is 1. The summed E-state index contributed by atoms with van der Waals surface area (Å²) < 4.78 is 10.9. The van der Waals surface area contributed by atoms with Gasteiger partial charge in [0.05, 0.1) is 19.2 Å². The molecule has 1 saturated carbocycles. The van der Waals surface area contributed by atoms with Crippen LogP contribution in [0.1, 0.15) is 48.9 Å². The van der Waals surface area contributed by atoms with E-state index in [1.807, 2.05) is 6.07 Å². The molecule has 0 spiro atoms. The van der Waals surface area contributed by atoms with Crippen molar-refractivity contribution in [2.24, 2.45) is 0 Å². The number of hydrogen-bond acceptors (Lipinski definition) is 6. The molecule has 0 amide bonds. The van der Waals surface area contributed by atoms with E-state index < -0.39 is 0 Å². The Kier molecular flexibility index (Phi) is 6.36. The Morgan fingerprint density at radius 1 is 0.970 bits per heavy atom. The van der Waals surface area contributed by atoms with Crippen LogP contribution >= 0.6 is 0 Å². The first-order valence-corrected chi connectivity index (χ1v) is 12.1. The van der Waals surface area contributed by atoms with Gasteiger partial charge in [-0.05, 0) is 61.4 Å². The van der Waals surface area contributed by atoms with Crippen molar-refractivity contribution in [3.63, 3.8) is 0 Å². The van der Waals surface area contributed by atoms with Gasteiger partial charge in [0.1, 0.15) is 17.4 Å². The first kappa shape index (κ1) is 22.0. The maximum Gasteiger partial charge on any atom is 0.140 e. The summed E-state index contributed by atoms with van der Waals surface area (Å²) in [5, 5.41) is 1.15. The van der Waals surface area contributed by atoms with Crippen molar-refractivity contribution in [3.05, 3.63) is 53.9 Å². The van der Waals surface area contributed by atoms with Crippen LogP contribution in [0.15, 0.2) is 42.5 Å². The zero-order valence-electron chi connectivity index (χ0n) is 20.0. The standard InChI is InChI=1S/C27H34N4O2/c1-30(16-17-32-2)21-10-11-24-23(18-21)27(29-26(28-24)20-8-9-20)31-14-12-19(13-15-31)22-6-4-5-7-25(22)33-3/h4-7,10-11,18-20H,8-9,12-17H2,1-3H3. The highest BCUT2D eigenvalue weighted by Gasteiger charge is 2.30. The van der Waals surface area contributed by atoms with Gasteiger partial charge in [-0.3, -0.25) is 0 Å². The van der Waals surface area contributed by atoms with Gasteiger partial charge >= 0.3 is 0 Å². The minimum absolute atomic E-state index is 0.518. The Labute approximate surface area is 196 Å². The van der Waals surface area contributed by atoms with E-state index >= 15 is 0 Å². The Hall–Kier alpha value is -2.86. The molecule has 3 aromatic rings. The number of fused-ring (bicyclic) bond motifs is 1. The molecule has 1 saturated heterocycles. The zero-order valence-corrected chi connectivity index (χ0v) is 20.0. The smallest absolute Gasteiger partial charge is 0.140 e. The monoisotopic (exact) mass is 446 g/mol. The molecule has 2 heterocycles. The second kappa shape index (κ2) is 9.56. The van der Waals surface area contributed by atoms with Gasteiger partial charge in [0.25, 0.3) is 0 Å². The molecule has 33 heavy (non-hydrogen) atoms. The number of benzene rings is 2. The molecule has 6 nitrogen and oxygen atoms in total. The molecule has 6 heteroatoms. The molecule has 5 rings (SSSR count). The fraction of sp³-hybridized carbons (Fsp3) is 0.481. The molecule has 0 N–H and O–H groups in total. The summed E-state index contributed by atoms with van der Waals surface area (Å²) >= 11 is 0. The van der Waals surface area contributed by atoms with Gasteiger partial charge in [0.2, 0.25) is 0 Å². The summed E-state index contributed by atoms with van der Waals surface area (Å²) in [5.41, 5.74) is 3.55. The van der Waals surface area contributed by atoms with Crippen LogP contribution in [0.2, 0.25) is 0 Å². The van der Waals surface area contributed by atoms with Crippen molar-refractivity contribution in [2.75, 3.05) is 57.3 Å². The fourth-order valence-corrected chi connectivity index (χ4v) is 4.88. The van der Waals surface area contributed by atoms with Crippen LogP contribution in [0.25, 0.3) is 10.9 Å². The van der Waals surface area contributed by atoms with E-state index in [1.54, 1.807) is 14.2 Å². The van der Waals surface area contributed by atoms with Crippen molar-refractivity contribution < 1.29 is 9.47 Å². The average molecular weight is 447 g/mol. The van der Waals surface area contributed by atoms with Gasteiger partial charge in [0, 0.05) is 50.8 Å². The topological polar surface area (TPSA) is 50.7 Å². The normalized spacial score (nSPS) is 16.9. The highest BCUT2D eigenvalue weighted by Crippen LogP contribution is 2.41. The van der Waals surface area contributed by atoms with E-state index in [0.29, 0.717) is 18.4 Å². The summed E-state index contributed by atoms with van der Waals surface area (Å²) in [4.78, 5) is 14.8. The third kappa shape index (κ3) is 4.62. The lowest BCUT2D eigenvalue weighted by atomic mass is 9.88. The maximum absolute atomic E-state index is 5.63. The number of anilines is 2. The molecular weight excluding hydrogens is 412 g/mol. The molecule has 2 aliphatic rings. The van der Waals surface area contributed by atoms with Crippen LogP contribution in [0.3, 0.4) is 0 Å². The highest BCUT2D eigenvalue weighted by molar-refractivity contribution is 5.92. The molecule has 2 aromatic carbocycles. The van der Waals surface area contributed by atoms with Crippen molar-refractivity contribution in [1.29, 1.82) is 0 Å². The first-order valence-electron chi connectivity index (χ1n) is 12.1. The Bertz CT molecular complexity index is 1110. The lowest BCUT2D eigenvalue weighted by Crippen LogP contribution is -2.34. The number of ether oxygens (including phenoxy) is 2. The number of hydrogen-bond donors (Lipinski definition) is 0. The van der Waals surface area contributed by atoms with Crippen molar-refractivity contribution in [3.8, 4) is 5.75 Å². The summed E-state index contributed by atoms with van der Waals surface area (Å²) in [7, 11) is 5.62. The first-order chi connectivity index (χ1) is 16.2. The lowest BCUT2D eigenvalue weighted by Gasteiger charge is -2.34. The maximum atomic E-state index is 5.63. The molecule has 1 aliphatic heterocycles. The number of rotatable bonds is 8. The second-order valence-electron chi connectivity index (χ2n) is 9.30. The minimum atomic E-state index is 0.518. The number of piperidine rings is 1. The Balaban J connectivity index is 1.43. The van der Waals surface area contributed by atoms with Crippen molar-refractivity contribution in [1.82, 2.24) is 9.97 Å². The van der Waals surface area contributed by atoms with Crippen molar-refractivity contribution >= 4 is 22.4 Å². The predicted octanol–water partition coefficient (Wildman–Crippen LogP) is 4.98. The Morgan fingerprint density at radius 3 is 2.48 bits per heavy atom. The van der Waals surface area contributed by atoms with E-state index in [0.717, 1.165) is 60.8 Å². The summed E-state index contributed by atoms with van der Waals surface area (Å²) in [5.74, 6) is 4.17. The van der Waals surface area contributed by atoms with Gasteiger partial charge in [-0.1, -0.05) is 18.2 Å². The molecule has 1 aliphatic carbocycles. The molecule has 0 unspecified atom stereocenters. The third-order valence-corrected chi connectivity index (χ3v) is 7.06. The van der Waals surface area contributed by atoms with E-state index in [-0.39, 0.29) is 0 Å². The lowest BCUT2D eigenvalue weighted by molar-refractivity contribution is 0.206. The van der Waals surface area contributed by atoms with Crippen LogP contribution in [0.4, 0.5) is 11.5 Å². The molecule has 0 radical (unpaired) electrons. The van der Waals surface area contributed by atoms with Gasteiger partial charge in [-0.2, -0.15) is 0 Å². The minimum Gasteiger partial charge on any atom is -0.496 e. The summed E-state index contributed by atoms with van der Waals surface area (Å²) in [6.07, 6.45) is 4.60. The van der Waals surface area contributed by atoms with Gasteiger partial charge in [0.15, 0.2) is 0 Å². The largest absolute Gasteiger partial charge is 0.496 e. The van der Waals surface area contributed by atoms with Gasteiger partial charge in [-0.25, -0.2) is 9.97 Å². The Morgan fingerprint density at radius 2 is 1.76 bits per heavy atom. The summed E-state index contributed by atoms with van der Waals surface area (Å²) in [6.45, 7) is 3.53. The van der Waals surface area contributed by atoms with E-state index in [2.05, 4.69) is 53.2 Å². The quantitative estimate of drug-likeness (QED) is 0.486. The third-order valence-electron chi connectivity index (χ3n) is 7.06. The number of methoxy groups -OCH3 is 2. The summed E-state index contributed by atoms with van der Waals surface area (Å²) in [6, 6.07) is 15.0. The molecule has 1 aromatic heterocycles. The van der Waals surface area contributed by atoms with E-state index in [9.17, 15) is 0 Å². The van der Waals surface area contributed by atoms with Crippen LogP contribution < -0.4 is 14.5 Å². The predicted molar refractivity (Wildman–Crippen MR) is 134 cm³/mol. The highest BCUT2D eigenvalue weighted by atomic mass is 16.5. The van der Waals surface area contributed by atoms with Crippen LogP contribution in [0.5, 0.6) is 5.75 Å². The number of nitrogens with zero attached hydrogens (tertiary/aromatic N) is 4. The SMILES string of the molecule is COCCN(C)c1ccc2nc(C3CC3)nc(N3CCC(c4ccccc4OC)CC3)c2c1.